The third-order valence-electron chi connectivity index (χ3n) is 2.91. The highest BCUT2D eigenvalue weighted by Crippen LogP contribution is 2.19. The molecule has 0 saturated carbocycles. The van der Waals surface area contributed by atoms with E-state index >= 15 is 0 Å². The molecule has 0 heterocycles. The van der Waals surface area contributed by atoms with Crippen molar-refractivity contribution in [3.05, 3.63) is 29.0 Å². The molecule has 1 aromatic carbocycles. The normalized spacial score (nSPS) is 12.4. The highest BCUT2D eigenvalue weighted by atomic mass is 35.5. The molecule has 1 aromatic rings. The van der Waals surface area contributed by atoms with Crippen LogP contribution < -0.4 is 5.32 Å². The molecule has 2 N–H and O–H groups in total. The van der Waals surface area contributed by atoms with Gasteiger partial charge in [-0.2, -0.15) is 0 Å². The van der Waals surface area contributed by atoms with E-state index in [-0.39, 0.29) is 19.0 Å². The van der Waals surface area contributed by atoms with Gasteiger partial charge >= 0.3 is 0 Å². The molecule has 0 bridgehead atoms. The molecule has 0 saturated heterocycles. The summed E-state index contributed by atoms with van der Waals surface area (Å²) in [4.78, 5) is 0. The highest BCUT2D eigenvalue weighted by Gasteiger charge is 2.07. The molecule has 0 fully saturated rings. The van der Waals surface area contributed by atoms with Crippen molar-refractivity contribution in [3.8, 4) is 0 Å². The van der Waals surface area contributed by atoms with Crippen LogP contribution in [0.25, 0.3) is 0 Å². The molecule has 0 aromatic heterocycles. The number of ether oxygens (including phenoxy) is 1. The van der Waals surface area contributed by atoms with Crippen molar-refractivity contribution < 1.29 is 14.2 Å². The van der Waals surface area contributed by atoms with Crippen molar-refractivity contribution in [1.82, 2.24) is 0 Å². The Balaban J connectivity index is 2.16. The molecule has 0 amide bonds. The van der Waals surface area contributed by atoms with Crippen LogP contribution in [0.4, 0.5) is 10.1 Å². The molecule has 1 unspecified atom stereocenters. The maximum Gasteiger partial charge on any atom is 0.146 e. The Kier molecular flexibility index (Phi) is 8.58. The van der Waals surface area contributed by atoms with Crippen molar-refractivity contribution in [2.75, 3.05) is 25.1 Å². The van der Waals surface area contributed by atoms with Gasteiger partial charge < -0.3 is 15.2 Å². The molecule has 0 spiro atoms. The molecule has 0 radical (unpaired) electrons. The average Bonchev–Trinajstić information content (AvgIpc) is 2.43. The summed E-state index contributed by atoms with van der Waals surface area (Å²) in [5.74, 6) is -0.387. The summed E-state index contributed by atoms with van der Waals surface area (Å²) < 4.78 is 18.8. The van der Waals surface area contributed by atoms with Crippen LogP contribution in [0.5, 0.6) is 0 Å². The van der Waals surface area contributed by atoms with Crippen molar-refractivity contribution in [3.63, 3.8) is 0 Å². The zero-order chi connectivity index (χ0) is 14.8. The molecule has 0 aliphatic carbocycles. The van der Waals surface area contributed by atoms with E-state index in [1.54, 1.807) is 0 Å². The van der Waals surface area contributed by atoms with E-state index in [1.165, 1.54) is 31.0 Å². The van der Waals surface area contributed by atoms with Gasteiger partial charge in [-0.25, -0.2) is 4.39 Å². The fraction of sp³-hybridized carbons (Fsp3) is 0.600. The number of hydrogen-bond donors (Lipinski definition) is 2. The first kappa shape index (κ1) is 17.2. The van der Waals surface area contributed by atoms with E-state index in [0.717, 1.165) is 12.8 Å². The maximum atomic E-state index is 13.4. The van der Waals surface area contributed by atoms with Crippen LogP contribution in [0, 0.1) is 5.82 Å². The van der Waals surface area contributed by atoms with Gasteiger partial charge in [0, 0.05) is 18.2 Å². The lowest BCUT2D eigenvalue weighted by molar-refractivity contribution is 0.0416. The molecular weight excluding hydrogens is 281 g/mol. The van der Waals surface area contributed by atoms with Gasteiger partial charge in [0.2, 0.25) is 0 Å². The largest absolute Gasteiger partial charge is 0.389 e. The second-order valence-corrected chi connectivity index (χ2v) is 5.23. The van der Waals surface area contributed by atoms with Crippen LogP contribution >= 0.6 is 11.6 Å². The Labute approximate surface area is 125 Å². The van der Waals surface area contributed by atoms with Crippen LogP contribution in [0.3, 0.4) is 0 Å². The lowest BCUT2D eigenvalue weighted by atomic mass is 10.2. The number of hydrogen-bond acceptors (Lipinski definition) is 3. The predicted octanol–water partition coefficient (Wildman–Crippen LogP) is 3.85. The molecule has 5 heteroatoms. The quantitative estimate of drug-likeness (QED) is 0.645. The number of rotatable bonds is 10. The van der Waals surface area contributed by atoms with Gasteiger partial charge in [0.15, 0.2) is 0 Å². The zero-order valence-electron chi connectivity index (χ0n) is 11.9. The summed E-state index contributed by atoms with van der Waals surface area (Å²) in [6.07, 6.45) is 3.90. The van der Waals surface area contributed by atoms with E-state index in [2.05, 4.69) is 12.2 Å². The highest BCUT2D eigenvalue weighted by molar-refractivity contribution is 6.30. The first-order valence-electron chi connectivity index (χ1n) is 7.08. The van der Waals surface area contributed by atoms with Crippen LogP contribution in [-0.2, 0) is 4.74 Å². The van der Waals surface area contributed by atoms with Crippen LogP contribution in [0.1, 0.15) is 32.6 Å². The summed E-state index contributed by atoms with van der Waals surface area (Å²) in [6, 6.07) is 4.27. The Bertz CT molecular complexity index is 390. The molecule has 114 valence electrons. The molecule has 3 nitrogen and oxygen atoms in total. The third kappa shape index (κ3) is 7.08. The third-order valence-corrected chi connectivity index (χ3v) is 3.14. The Hall–Kier alpha value is -0.840. The van der Waals surface area contributed by atoms with E-state index in [1.807, 2.05) is 0 Å². The Morgan fingerprint density at radius 2 is 2.15 bits per heavy atom. The fourth-order valence-corrected chi connectivity index (χ4v) is 1.94. The number of aliphatic hydroxyl groups is 1. The Morgan fingerprint density at radius 3 is 2.90 bits per heavy atom. The molecular formula is C15H23ClFNO2. The van der Waals surface area contributed by atoms with Gasteiger partial charge in [0.05, 0.1) is 18.4 Å². The van der Waals surface area contributed by atoms with Crippen molar-refractivity contribution in [1.29, 1.82) is 0 Å². The zero-order valence-corrected chi connectivity index (χ0v) is 12.6. The van der Waals surface area contributed by atoms with E-state index in [4.69, 9.17) is 16.3 Å². The number of benzene rings is 1. The number of aliphatic hydroxyl groups excluding tert-OH is 1. The van der Waals surface area contributed by atoms with Gasteiger partial charge in [-0.05, 0) is 24.6 Å². The molecule has 0 aliphatic heterocycles. The van der Waals surface area contributed by atoms with E-state index < -0.39 is 6.10 Å². The van der Waals surface area contributed by atoms with Crippen molar-refractivity contribution in [2.24, 2.45) is 0 Å². The second kappa shape index (κ2) is 9.97. The van der Waals surface area contributed by atoms with Crippen molar-refractivity contribution >= 4 is 17.3 Å². The Morgan fingerprint density at radius 1 is 1.35 bits per heavy atom. The lowest BCUT2D eigenvalue weighted by Crippen LogP contribution is -2.25. The van der Waals surface area contributed by atoms with E-state index in [9.17, 15) is 9.50 Å². The number of unbranched alkanes of at least 4 members (excludes halogenated alkanes) is 3. The van der Waals surface area contributed by atoms with Crippen molar-refractivity contribution in [2.45, 2.75) is 38.7 Å². The standard InChI is InChI=1S/C15H23ClFNO2/c1-2-3-4-5-8-20-11-13(19)10-18-15-9-12(16)6-7-14(15)17/h6-7,9,13,18-19H,2-5,8,10-11H2,1H3. The molecule has 20 heavy (non-hydrogen) atoms. The number of anilines is 1. The second-order valence-electron chi connectivity index (χ2n) is 4.79. The first-order chi connectivity index (χ1) is 9.63. The van der Waals surface area contributed by atoms with Gasteiger partial charge in [0.1, 0.15) is 5.82 Å². The summed E-state index contributed by atoms with van der Waals surface area (Å²) >= 11 is 5.78. The topological polar surface area (TPSA) is 41.5 Å². The van der Waals surface area contributed by atoms with Crippen LogP contribution in [0.15, 0.2) is 18.2 Å². The minimum absolute atomic E-state index is 0.228. The van der Waals surface area contributed by atoms with Crippen LogP contribution in [-0.4, -0.2) is 31.0 Å². The summed E-state index contributed by atoms with van der Waals surface area (Å²) in [5.41, 5.74) is 0.291. The van der Waals surface area contributed by atoms with Crippen LogP contribution in [0.2, 0.25) is 5.02 Å². The summed E-state index contributed by atoms with van der Waals surface area (Å²) in [5, 5.41) is 13.0. The predicted molar refractivity (Wildman–Crippen MR) is 80.9 cm³/mol. The maximum absolute atomic E-state index is 13.4. The van der Waals surface area contributed by atoms with Gasteiger partial charge in [-0.3, -0.25) is 0 Å². The fourth-order valence-electron chi connectivity index (χ4n) is 1.77. The van der Waals surface area contributed by atoms with E-state index in [0.29, 0.717) is 17.3 Å². The molecule has 1 atom stereocenters. The summed E-state index contributed by atoms with van der Waals surface area (Å²) in [6.45, 7) is 3.29. The minimum Gasteiger partial charge on any atom is -0.389 e. The van der Waals surface area contributed by atoms with Gasteiger partial charge in [0.25, 0.3) is 0 Å². The van der Waals surface area contributed by atoms with Gasteiger partial charge in [-0.1, -0.05) is 37.8 Å². The molecule has 1 rings (SSSR count). The average molecular weight is 304 g/mol. The first-order valence-corrected chi connectivity index (χ1v) is 7.46. The molecule has 0 aliphatic rings. The lowest BCUT2D eigenvalue weighted by Gasteiger charge is -2.14. The number of nitrogens with one attached hydrogen (secondary N) is 1. The monoisotopic (exact) mass is 303 g/mol. The van der Waals surface area contributed by atoms with Gasteiger partial charge in [-0.15, -0.1) is 0 Å². The SMILES string of the molecule is CCCCCCOCC(O)CNc1cc(Cl)ccc1F. The smallest absolute Gasteiger partial charge is 0.146 e. The summed E-state index contributed by atoms with van der Waals surface area (Å²) in [7, 11) is 0. The minimum atomic E-state index is -0.667. The number of halogens is 2.